The lowest BCUT2D eigenvalue weighted by atomic mass is 10.1. The van der Waals surface area contributed by atoms with Gasteiger partial charge in [-0.1, -0.05) is 0 Å². The number of nitrogens with zero attached hydrogens (tertiary/aromatic N) is 2. The van der Waals surface area contributed by atoms with E-state index in [1.54, 1.807) is 0 Å². The van der Waals surface area contributed by atoms with Crippen LogP contribution in [0.1, 0.15) is 12.0 Å². The first kappa shape index (κ1) is 12.8. The van der Waals surface area contributed by atoms with Gasteiger partial charge in [-0.15, -0.1) is 0 Å². The number of aryl methyl sites for hydroxylation is 1. The van der Waals surface area contributed by atoms with Crippen molar-refractivity contribution >= 4 is 16.6 Å². The third kappa shape index (κ3) is 2.79. The number of pyridine rings is 1. The molecule has 2 rings (SSSR count). The molecule has 2 aromatic rings. The van der Waals surface area contributed by atoms with Crippen LogP contribution in [0.2, 0.25) is 0 Å². The SMILES string of the molecule is CNCCCN(C)c1ccc2nccc(C)c2c1. The Balaban J connectivity index is 2.21. The van der Waals surface area contributed by atoms with Gasteiger partial charge >= 0.3 is 0 Å². The third-order valence-electron chi connectivity index (χ3n) is 3.30. The van der Waals surface area contributed by atoms with Crippen LogP contribution < -0.4 is 10.2 Å². The molecule has 0 bridgehead atoms. The summed E-state index contributed by atoms with van der Waals surface area (Å²) in [6.07, 6.45) is 3.02. The van der Waals surface area contributed by atoms with Crippen LogP contribution in [-0.2, 0) is 0 Å². The highest BCUT2D eigenvalue weighted by Crippen LogP contribution is 2.22. The van der Waals surface area contributed by atoms with Crippen molar-refractivity contribution in [3.63, 3.8) is 0 Å². The van der Waals surface area contributed by atoms with E-state index in [2.05, 4.69) is 53.4 Å². The number of nitrogens with one attached hydrogen (secondary N) is 1. The minimum Gasteiger partial charge on any atom is -0.375 e. The highest BCUT2D eigenvalue weighted by atomic mass is 15.1. The van der Waals surface area contributed by atoms with Crippen molar-refractivity contribution in [1.82, 2.24) is 10.3 Å². The molecule has 0 spiro atoms. The van der Waals surface area contributed by atoms with E-state index < -0.39 is 0 Å². The fourth-order valence-corrected chi connectivity index (χ4v) is 2.13. The fourth-order valence-electron chi connectivity index (χ4n) is 2.13. The molecule has 0 aliphatic heterocycles. The quantitative estimate of drug-likeness (QED) is 0.818. The van der Waals surface area contributed by atoms with Crippen LogP contribution in [-0.4, -0.2) is 32.2 Å². The van der Waals surface area contributed by atoms with Crippen LogP contribution >= 0.6 is 0 Å². The summed E-state index contributed by atoms with van der Waals surface area (Å²) < 4.78 is 0. The summed E-state index contributed by atoms with van der Waals surface area (Å²) in [5.41, 5.74) is 3.61. The standard InChI is InChI=1S/C15H21N3/c1-12-7-9-17-15-6-5-13(11-14(12)15)18(3)10-4-8-16-2/h5-7,9,11,16H,4,8,10H2,1-3H3. The smallest absolute Gasteiger partial charge is 0.0706 e. The number of anilines is 1. The average molecular weight is 243 g/mol. The lowest BCUT2D eigenvalue weighted by Crippen LogP contribution is -2.22. The normalized spacial score (nSPS) is 10.8. The minimum atomic E-state index is 1.05. The lowest BCUT2D eigenvalue weighted by molar-refractivity contribution is 0.713. The summed E-state index contributed by atoms with van der Waals surface area (Å²) in [7, 11) is 4.13. The summed E-state index contributed by atoms with van der Waals surface area (Å²) in [5.74, 6) is 0. The number of hydrogen-bond donors (Lipinski definition) is 1. The van der Waals surface area contributed by atoms with Crippen LogP contribution in [0.25, 0.3) is 10.9 Å². The van der Waals surface area contributed by atoms with Gasteiger partial charge in [0.05, 0.1) is 5.52 Å². The minimum absolute atomic E-state index is 1.05. The zero-order chi connectivity index (χ0) is 13.0. The summed E-state index contributed by atoms with van der Waals surface area (Å²) in [4.78, 5) is 6.68. The van der Waals surface area contributed by atoms with Crippen molar-refractivity contribution in [2.75, 3.05) is 32.1 Å². The highest BCUT2D eigenvalue weighted by Gasteiger charge is 2.04. The number of hydrogen-bond acceptors (Lipinski definition) is 3. The van der Waals surface area contributed by atoms with Gasteiger partial charge in [0.1, 0.15) is 0 Å². The number of fused-ring (bicyclic) bond motifs is 1. The van der Waals surface area contributed by atoms with E-state index in [0.717, 1.165) is 25.0 Å². The molecule has 1 N–H and O–H groups in total. The summed E-state index contributed by atoms with van der Waals surface area (Å²) in [6, 6.07) is 8.55. The predicted molar refractivity (Wildman–Crippen MR) is 78.3 cm³/mol. The van der Waals surface area contributed by atoms with Crippen LogP contribution in [0.4, 0.5) is 5.69 Å². The molecular weight excluding hydrogens is 222 g/mol. The topological polar surface area (TPSA) is 28.2 Å². The molecular formula is C15H21N3. The Labute approximate surface area is 109 Å². The van der Waals surface area contributed by atoms with E-state index in [4.69, 9.17) is 0 Å². The molecule has 0 atom stereocenters. The van der Waals surface area contributed by atoms with Gasteiger partial charge in [-0.3, -0.25) is 4.98 Å². The number of rotatable bonds is 5. The molecule has 18 heavy (non-hydrogen) atoms. The Morgan fingerprint density at radius 2 is 2.11 bits per heavy atom. The van der Waals surface area contributed by atoms with Crippen LogP contribution in [0.15, 0.2) is 30.5 Å². The second kappa shape index (κ2) is 5.83. The largest absolute Gasteiger partial charge is 0.375 e. The molecule has 0 amide bonds. The Morgan fingerprint density at radius 3 is 2.89 bits per heavy atom. The van der Waals surface area contributed by atoms with E-state index in [1.807, 2.05) is 13.2 Å². The zero-order valence-electron chi connectivity index (χ0n) is 11.4. The van der Waals surface area contributed by atoms with Crippen molar-refractivity contribution < 1.29 is 0 Å². The van der Waals surface area contributed by atoms with E-state index >= 15 is 0 Å². The predicted octanol–water partition coefficient (Wildman–Crippen LogP) is 2.59. The maximum atomic E-state index is 4.39. The van der Waals surface area contributed by atoms with Crippen molar-refractivity contribution in [2.45, 2.75) is 13.3 Å². The zero-order valence-corrected chi connectivity index (χ0v) is 11.4. The number of aromatic nitrogens is 1. The van der Waals surface area contributed by atoms with Crippen LogP contribution in [0.3, 0.4) is 0 Å². The van der Waals surface area contributed by atoms with Crippen molar-refractivity contribution in [2.24, 2.45) is 0 Å². The number of benzene rings is 1. The molecule has 1 heterocycles. The van der Waals surface area contributed by atoms with Gasteiger partial charge in [0.15, 0.2) is 0 Å². The Bertz CT molecular complexity index is 522. The first-order valence-electron chi connectivity index (χ1n) is 6.43. The third-order valence-corrected chi connectivity index (χ3v) is 3.30. The van der Waals surface area contributed by atoms with E-state index in [-0.39, 0.29) is 0 Å². The molecule has 1 aromatic heterocycles. The highest BCUT2D eigenvalue weighted by molar-refractivity contribution is 5.85. The first-order chi connectivity index (χ1) is 8.72. The lowest BCUT2D eigenvalue weighted by Gasteiger charge is -2.19. The molecule has 3 heteroatoms. The molecule has 1 aromatic carbocycles. The molecule has 0 unspecified atom stereocenters. The second-order valence-electron chi connectivity index (χ2n) is 4.71. The van der Waals surface area contributed by atoms with Crippen LogP contribution in [0.5, 0.6) is 0 Å². The Kier molecular flexibility index (Phi) is 4.15. The van der Waals surface area contributed by atoms with Gasteiger partial charge in [-0.25, -0.2) is 0 Å². The fraction of sp³-hybridized carbons (Fsp3) is 0.400. The Morgan fingerprint density at radius 1 is 1.28 bits per heavy atom. The summed E-state index contributed by atoms with van der Waals surface area (Å²) in [5, 5.41) is 4.42. The molecule has 0 aliphatic rings. The van der Waals surface area contributed by atoms with E-state index in [0.29, 0.717) is 0 Å². The van der Waals surface area contributed by atoms with Gasteiger partial charge in [-0.2, -0.15) is 0 Å². The van der Waals surface area contributed by atoms with Gasteiger partial charge in [-0.05, 0) is 56.8 Å². The molecule has 0 fully saturated rings. The maximum absolute atomic E-state index is 4.39. The van der Waals surface area contributed by atoms with Crippen molar-refractivity contribution in [1.29, 1.82) is 0 Å². The summed E-state index contributed by atoms with van der Waals surface area (Å²) in [6.45, 7) is 4.25. The Hall–Kier alpha value is -1.61. The summed E-state index contributed by atoms with van der Waals surface area (Å²) >= 11 is 0. The van der Waals surface area contributed by atoms with Crippen molar-refractivity contribution in [3.05, 3.63) is 36.0 Å². The van der Waals surface area contributed by atoms with E-state index in [1.165, 1.54) is 16.6 Å². The maximum Gasteiger partial charge on any atom is 0.0706 e. The van der Waals surface area contributed by atoms with Gasteiger partial charge in [0.2, 0.25) is 0 Å². The molecule has 3 nitrogen and oxygen atoms in total. The molecule has 0 saturated heterocycles. The average Bonchev–Trinajstić information content (AvgIpc) is 2.39. The van der Waals surface area contributed by atoms with E-state index in [9.17, 15) is 0 Å². The molecule has 96 valence electrons. The molecule has 0 radical (unpaired) electrons. The molecule has 0 saturated carbocycles. The second-order valence-corrected chi connectivity index (χ2v) is 4.71. The van der Waals surface area contributed by atoms with Gasteiger partial charge in [0, 0.05) is 30.9 Å². The van der Waals surface area contributed by atoms with Gasteiger partial charge < -0.3 is 10.2 Å². The first-order valence-corrected chi connectivity index (χ1v) is 6.43. The van der Waals surface area contributed by atoms with Gasteiger partial charge in [0.25, 0.3) is 0 Å². The van der Waals surface area contributed by atoms with Crippen LogP contribution in [0, 0.1) is 6.92 Å². The monoisotopic (exact) mass is 243 g/mol. The molecule has 0 aliphatic carbocycles. The van der Waals surface area contributed by atoms with Crippen molar-refractivity contribution in [3.8, 4) is 0 Å².